The number of ether oxygens (including phenoxy) is 3. The lowest BCUT2D eigenvalue weighted by molar-refractivity contribution is -0.166. The average Bonchev–Trinajstić information content (AvgIpc) is 2.47. The fourth-order valence-corrected chi connectivity index (χ4v) is 1.28. The van der Waals surface area contributed by atoms with Crippen molar-refractivity contribution in [1.29, 1.82) is 0 Å². The summed E-state index contributed by atoms with van der Waals surface area (Å²) in [5.74, 6) is -0.554. The summed E-state index contributed by atoms with van der Waals surface area (Å²) >= 11 is 0. The van der Waals surface area contributed by atoms with Gasteiger partial charge in [-0.3, -0.25) is 0 Å². The fraction of sp³-hybridized carbons (Fsp3) is 0.692. The molecule has 2 atom stereocenters. The second-order valence-electron chi connectivity index (χ2n) is 4.47. The lowest BCUT2D eigenvalue weighted by atomic mass is 9.88. The number of carbonyl (C=O) groups is 2. The lowest BCUT2D eigenvalue weighted by Gasteiger charge is -2.31. The number of aliphatic hydroxyl groups is 1. The highest BCUT2D eigenvalue weighted by molar-refractivity contribution is 5.81. The van der Waals surface area contributed by atoms with Crippen LogP contribution in [0.1, 0.15) is 20.3 Å². The minimum atomic E-state index is -1.02. The Kier molecular flexibility index (Phi) is 8.58. The first-order valence-corrected chi connectivity index (χ1v) is 6.30. The third kappa shape index (κ3) is 6.53. The molecule has 0 heterocycles. The van der Waals surface area contributed by atoms with E-state index in [1.54, 1.807) is 6.92 Å². The Bertz CT molecular complexity index is 333. The number of esters is 1. The largest absolute Gasteiger partial charge is 0.461 e. The highest BCUT2D eigenvalue weighted by Crippen LogP contribution is 2.26. The van der Waals surface area contributed by atoms with Crippen LogP contribution >= 0.6 is 0 Å². The van der Waals surface area contributed by atoms with E-state index >= 15 is 0 Å². The van der Waals surface area contributed by atoms with Gasteiger partial charge in [-0.1, -0.05) is 20.4 Å². The number of hydrogen-bond acceptors (Lipinski definition) is 6. The molecule has 1 amide bonds. The van der Waals surface area contributed by atoms with Gasteiger partial charge in [0.15, 0.2) is 6.29 Å². The first kappa shape index (κ1) is 18.4. The van der Waals surface area contributed by atoms with Gasteiger partial charge in [0.2, 0.25) is 0 Å². The molecule has 0 aliphatic carbocycles. The Hall–Kier alpha value is -1.60. The molecule has 0 saturated heterocycles. The first-order valence-electron chi connectivity index (χ1n) is 6.30. The maximum atomic E-state index is 11.4. The Balaban J connectivity index is 3.97. The van der Waals surface area contributed by atoms with Crippen molar-refractivity contribution in [2.45, 2.75) is 26.6 Å². The molecule has 7 nitrogen and oxygen atoms in total. The van der Waals surface area contributed by atoms with E-state index in [-0.39, 0.29) is 19.8 Å². The van der Waals surface area contributed by atoms with Crippen LogP contribution in [-0.4, -0.2) is 50.3 Å². The molecule has 0 aromatic heterocycles. The molecule has 2 unspecified atom stereocenters. The average molecular weight is 289 g/mol. The molecule has 0 bridgehead atoms. The van der Waals surface area contributed by atoms with Gasteiger partial charge in [-0.2, -0.15) is 0 Å². The molecule has 0 aromatic rings. The molecule has 7 heteroatoms. The summed E-state index contributed by atoms with van der Waals surface area (Å²) in [6, 6.07) is 0. The number of amides is 1. The highest BCUT2D eigenvalue weighted by Gasteiger charge is 2.33. The van der Waals surface area contributed by atoms with E-state index in [0.29, 0.717) is 6.42 Å². The molecular weight excluding hydrogens is 266 g/mol. The number of carbonyl (C=O) groups excluding carboxylic acids is 2. The van der Waals surface area contributed by atoms with Crippen molar-refractivity contribution >= 4 is 12.1 Å². The van der Waals surface area contributed by atoms with Gasteiger partial charge in [-0.05, 0) is 6.42 Å². The second kappa shape index (κ2) is 9.33. The maximum absolute atomic E-state index is 11.4. The zero-order valence-electron chi connectivity index (χ0n) is 12.2. The van der Waals surface area contributed by atoms with E-state index in [1.807, 2.05) is 6.92 Å². The summed E-state index contributed by atoms with van der Waals surface area (Å²) in [6.45, 7) is 7.03. The number of hydrogen-bond donors (Lipinski definition) is 2. The lowest BCUT2D eigenvalue weighted by Crippen LogP contribution is -2.40. The maximum Gasteiger partial charge on any atom is 0.407 e. The van der Waals surface area contributed by atoms with E-state index in [1.165, 1.54) is 7.11 Å². The second-order valence-corrected chi connectivity index (χ2v) is 4.47. The van der Waals surface area contributed by atoms with Crippen LogP contribution in [0, 0.1) is 5.41 Å². The van der Waals surface area contributed by atoms with Gasteiger partial charge >= 0.3 is 12.1 Å². The van der Waals surface area contributed by atoms with Gasteiger partial charge in [0.25, 0.3) is 0 Å². The zero-order valence-corrected chi connectivity index (χ0v) is 12.2. The summed E-state index contributed by atoms with van der Waals surface area (Å²) in [7, 11) is 1.38. The van der Waals surface area contributed by atoms with Gasteiger partial charge in [0.1, 0.15) is 13.2 Å². The number of alkyl carbamates (subject to hydrolysis) is 1. The molecule has 116 valence electrons. The van der Waals surface area contributed by atoms with Crippen LogP contribution in [0.15, 0.2) is 12.7 Å². The molecule has 0 spiro atoms. The van der Waals surface area contributed by atoms with Crippen molar-refractivity contribution < 1.29 is 28.9 Å². The number of methoxy groups -OCH3 is 1. The van der Waals surface area contributed by atoms with Crippen molar-refractivity contribution in [3.8, 4) is 0 Å². The molecule has 0 fully saturated rings. The van der Waals surface area contributed by atoms with E-state index < -0.39 is 23.8 Å². The molecular formula is C13H23NO6. The van der Waals surface area contributed by atoms with Crippen LogP contribution in [0.4, 0.5) is 4.79 Å². The van der Waals surface area contributed by atoms with Gasteiger partial charge < -0.3 is 24.6 Å². The minimum Gasteiger partial charge on any atom is -0.461 e. The molecule has 0 rings (SSSR count). The fourth-order valence-electron chi connectivity index (χ4n) is 1.28. The highest BCUT2D eigenvalue weighted by atomic mass is 16.6. The van der Waals surface area contributed by atoms with Crippen molar-refractivity contribution in [2.75, 3.05) is 26.9 Å². The Labute approximate surface area is 118 Å². The summed E-state index contributed by atoms with van der Waals surface area (Å²) in [6.07, 6.45) is -0.0555. The van der Waals surface area contributed by atoms with Crippen LogP contribution in [0.5, 0.6) is 0 Å². The van der Waals surface area contributed by atoms with Crippen molar-refractivity contribution in [2.24, 2.45) is 5.41 Å². The van der Waals surface area contributed by atoms with Crippen molar-refractivity contribution in [1.82, 2.24) is 5.32 Å². The van der Waals surface area contributed by atoms with Crippen LogP contribution in [-0.2, 0) is 19.0 Å². The molecule has 0 aromatic carbocycles. The van der Waals surface area contributed by atoms with Crippen LogP contribution in [0.2, 0.25) is 0 Å². The van der Waals surface area contributed by atoms with Crippen molar-refractivity contribution in [3.05, 3.63) is 12.7 Å². The zero-order chi connectivity index (χ0) is 15.6. The Morgan fingerprint density at radius 2 is 2.10 bits per heavy atom. The molecule has 0 aliphatic rings. The SMILES string of the molecule is C=CC(=O)OCCNC(=O)OCC(C)(CC)C(O)OC. The van der Waals surface area contributed by atoms with Crippen LogP contribution in [0.25, 0.3) is 0 Å². The van der Waals surface area contributed by atoms with Crippen molar-refractivity contribution in [3.63, 3.8) is 0 Å². The number of aliphatic hydroxyl groups excluding tert-OH is 1. The predicted octanol–water partition coefficient (Wildman–Crippen LogP) is 0.823. The van der Waals surface area contributed by atoms with Crippen LogP contribution < -0.4 is 5.32 Å². The van der Waals surface area contributed by atoms with E-state index in [4.69, 9.17) is 9.47 Å². The molecule has 20 heavy (non-hydrogen) atoms. The van der Waals surface area contributed by atoms with Gasteiger partial charge in [0, 0.05) is 13.2 Å². The summed E-state index contributed by atoms with van der Waals surface area (Å²) in [5.41, 5.74) is -0.679. The monoisotopic (exact) mass is 289 g/mol. The quantitative estimate of drug-likeness (QED) is 0.282. The smallest absolute Gasteiger partial charge is 0.407 e. The van der Waals surface area contributed by atoms with Crippen LogP contribution in [0.3, 0.4) is 0 Å². The van der Waals surface area contributed by atoms with E-state index in [0.717, 1.165) is 6.08 Å². The van der Waals surface area contributed by atoms with Gasteiger partial charge in [-0.15, -0.1) is 0 Å². The summed E-state index contributed by atoms with van der Waals surface area (Å²) < 4.78 is 14.5. The summed E-state index contributed by atoms with van der Waals surface area (Å²) in [5, 5.41) is 12.1. The molecule has 0 saturated carbocycles. The molecule has 0 radical (unpaired) electrons. The van der Waals surface area contributed by atoms with E-state index in [9.17, 15) is 14.7 Å². The third-order valence-corrected chi connectivity index (χ3v) is 2.94. The molecule has 2 N–H and O–H groups in total. The Morgan fingerprint density at radius 3 is 2.60 bits per heavy atom. The number of nitrogens with one attached hydrogen (secondary N) is 1. The van der Waals surface area contributed by atoms with Gasteiger partial charge in [0.05, 0.1) is 12.0 Å². The topological polar surface area (TPSA) is 94.1 Å². The standard InChI is InChI=1S/C13H23NO6/c1-5-10(15)19-8-7-14-12(17)20-9-13(3,6-2)11(16)18-4/h5,11,16H,1,6-9H2,2-4H3,(H,14,17). The minimum absolute atomic E-state index is 0.0107. The Morgan fingerprint density at radius 1 is 1.45 bits per heavy atom. The third-order valence-electron chi connectivity index (χ3n) is 2.94. The molecule has 0 aliphatic heterocycles. The predicted molar refractivity (Wildman–Crippen MR) is 71.9 cm³/mol. The number of rotatable bonds is 9. The van der Waals surface area contributed by atoms with E-state index in [2.05, 4.69) is 16.6 Å². The summed E-state index contributed by atoms with van der Waals surface area (Å²) in [4.78, 5) is 22.1. The first-order chi connectivity index (χ1) is 9.39. The van der Waals surface area contributed by atoms with Gasteiger partial charge in [-0.25, -0.2) is 9.59 Å². The normalized spacial score (nSPS) is 14.8.